The Kier molecular flexibility index (Phi) is 2.48. The van der Waals surface area contributed by atoms with Crippen LogP contribution in [0.3, 0.4) is 0 Å². The lowest BCUT2D eigenvalue weighted by Crippen LogP contribution is -2.41. The van der Waals surface area contributed by atoms with Gasteiger partial charge >= 0.3 is 0 Å². The maximum Gasteiger partial charge on any atom is 0.234 e. The fourth-order valence-electron chi connectivity index (χ4n) is 2.36. The molecule has 5 heteroatoms. The van der Waals surface area contributed by atoms with Gasteiger partial charge in [-0.05, 0) is 25.7 Å². The van der Waals surface area contributed by atoms with Crippen molar-refractivity contribution in [2.24, 2.45) is 5.73 Å². The van der Waals surface area contributed by atoms with Gasteiger partial charge < -0.3 is 15.0 Å². The Hall–Kier alpha value is -0.940. The lowest BCUT2D eigenvalue weighted by molar-refractivity contribution is 0.0409. The molecular weight excluding hydrogens is 218 g/mol. The third-order valence-electron chi connectivity index (χ3n) is 4.26. The molecule has 0 spiro atoms. The van der Waals surface area contributed by atoms with Crippen LogP contribution in [0.2, 0.25) is 0 Å². The van der Waals surface area contributed by atoms with E-state index in [0.717, 1.165) is 44.7 Å². The van der Waals surface area contributed by atoms with Crippen molar-refractivity contribution in [2.75, 3.05) is 19.8 Å². The minimum Gasteiger partial charge on any atom is -0.381 e. The van der Waals surface area contributed by atoms with Crippen LogP contribution in [0.1, 0.15) is 44.3 Å². The van der Waals surface area contributed by atoms with Crippen LogP contribution in [0.4, 0.5) is 0 Å². The summed E-state index contributed by atoms with van der Waals surface area (Å²) in [6, 6.07) is 0. The van der Waals surface area contributed by atoms with Gasteiger partial charge in [-0.2, -0.15) is 4.98 Å². The number of nitrogens with zero attached hydrogens (tertiary/aromatic N) is 2. The number of aromatic nitrogens is 2. The number of rotatable bonds is 3. The first-order valence-electron chi connectivity index (χ1n) is 6.31. The summed E-state index contributed by atoms with van der Waals surface area (Å²) in [4.78, 5) is 4.60. The molecule has 5 nitrogen and oxygen atoms in total. The Balaban J connectivity index is 1.88. The lowest BCUT2D eigenvalue weighted by Gasteiger charge is -2.32. The van der Waals surface area contributed by atoms with Crippen molar-refractivity contribution in [3.8, 4) is 0 Å². The smallest absolute Gasteiger partial charge is 0.234 e. The molecule has 2 aliphatic rings. The third kappa shape index (κ3) is 1.77. The minimum atomic E-state index is -0.158. The molecule has 0 unspecified atom stereocenters. The molecule has 3 rings (SSSR count). The fourth-order valence-corrected chi connectivity index (χ4v) is 2.36. The number of ether oxygens (including phenoxy) is 1. The van der Waals surface area contributed by atoms with E-state index >= 15 is 0 Å². The fraction of sp³-hybridized carbons (Fsp3) is 0.833. The molecule has 1 aromatic heterocycles. The first-order valence-corrected chi connectivity index (χ1v) is 6.31. The summed E-state index contributed by atoms with van der Waals surface area (Å²) in [5, 5.41) is 4.14. The average molecular weight is 237 g/mol. The standard InChI is InChI=1S/C12H19N3O2/c1-11(2-3-11)9-14-10(17-15-9)12(8-13)4-6-16-7-5-12/h2-8,13H2,1H3. The van der Waals surface area contributed by atoms with Crippen molar-refractivity contribution in [1.82, 2.24) is 10.1 Å². The van der Waals surface area contributed by atoms with Crippen LogP contribution in [0.25, 0.3) is 0 Å². The highest BCUT2D eigenvalue weighted by Gasteiger charge is 2.46. The third-order valence-corrected chi connectivity index (χ3v) is 4.26. The Bertz CT molecular complexity index is 406. The molecular formula is C12H19N3O2. The molecule has 1 saturated heterocycles. The summed E-state index contributed by atoms with van der Waals surface area (Å²) < 4.78 is 10.9. The molecule has 0 amide bonds. The molecule has 0 atom stereocenters. The normalized spacial score (nSPS) is 25.8. The van der Waals surface area contributed by atoms with Crippen molar-refractivity contribution < 1.29 is 9.26 Å². The molecule has 0 aromatic carbocycles. The molecule has 1 saturated carbocycles. The van der Waals surface area contributed by atoms with Gasteiger partial charge in [-0.1, -0.05) is 12.1 Å². The molecule has 0 bridgehead atoms. The Labute approximate surface area is 101 Å². The van der Waals surface area contributed by atoms with E-state index in [1.807, 2.05) is 0 Å². The zero-order valence-corrected chi connectivity index (χ0v) is 10.2. The number of hydrogen-bond donors (Lipinski definition) is 1. The summed E-state index contributed by atoms with van der Waals surface area (Å²) in [6.45, 7) is 4.19. The molecule has 94 valence electrons. The molecule has 2 heterocycles. The van der Waals surface area contributed by atoms with E-state index in [0.29, 0.717) is 12.4 Å². The van der Waals surface area contributed by atoms with Crippen LogP contribution in [-0.2, 0) is 15.6 Å². The molecule has 1 aliphatic carbocycles. The number of hydrogen-bond acceptors (Lipinski definition) is 5. The van der Waals surface area contributed by atoms with E-state index in [-0.39, 0.29) is 10.8 Å². The minimum absolute atomic E-state index is 0.155. The Morgan fingerprint density at radius 3 is 2.53 bits per heavy atom. The van der Waals surface area contributed by atoms with Crippen LogP contribution in [0.5, 0.6) is 0 Å². The van der Waals surface area contributed by atoms with Gasteiger partial charge in [-0.15, -0.1) is 0 Å². The summed E-state index contributed by atoms with van der Waals surface area (Å²) in [5.74, 6) is 1.57. The maximum absolute atomic E-state index is 5.92. The van der Waals surface area contributed by atoms with E-state index in [4.69, 9.17) is 15.0 Å². The zero-order valence-electron chi connectivity index (χ0n) is 10.2. The molecule has 1 aromatic rings. The Morgan fingerprint density at radius 2 is 1.94 bits per heavy atom. The summed E-state index contributed by atoms with van der Waals surface area (Å²) in [6.07, 6.45) is 4.07. The Morgan fingerprint density at radius 1 is 1.24 bits per heavy atom. The maximum atomic E-state index is 5.92. The lowest BCUT2D eigenvalue weighted by atomic mass is 9.80. The van der Waals surface area contributed by atoms with Crippen LogP contribution in [0.15, 0.2) is 4.52 Å². The van der Waals surface area contributed by atoms with E-state index in [1.165, 1.54) is 0 Å². The van der Waals surface area contributed by atoms with Gasteiger partial charge in [0.05, 0.1) is 5.41 Å². The van der Waals surface area contributed by atoms with Crippen LogP contribution >= 0.6 is 0 Å². The zero-order chi connectivity index (χ0) is 11.9. The van der Waals surface area contributed by atoms with E-state index in [2.05, 4.69) is 17.1 Å². The highest BCUT2D eigenvalue weighted by atomic mass is 16.5. The van der Waals surface area contributed by atoms with Crippen molar-refractivity contribution >= 4 is 0 Å². The largest absolute Gasteiger partial charge is 0.381 e. The number of nitrogens with two attached hydrogens (primary N) is 1. The van der Waals surface area contributed by atoms with E-state index in [9.17, 15) is 0 Å². The van der Waals surface area contributed by atoms with Gasteiger partial charge in [0.15, 0.2) is 5.82 Å². The summed E-state index contributed by atoms with van der Waals surface area (Å²) in [7, 11) is 0. The van der Waals surface area contributed by atoms with Gasteiger partial charge in [-0.3, -0.25) is 0 Å². The first-order chi connectivity index (χ1) is 8.19. The van der Waals surface area contributed by atoms with Crippen molar-refractivity contribution in [3.63, 3.8) is 0 Å². The highest BCUT2D eigenvalue weighted by molar-refractivity contribution is 5.17. The van der Waals surface area contributed by atoms with Gasteiger partial charge in [0.1, 0.15) is 0 Å². The van der Waals surface area contributed by atoms with Gasteiger partial charge in [-0.25, -0.2) is 0 Å². The summed E-state index contributed by atoms with van der Waals surface area (Å²) >= 11 is 0. The second-order valence-corrected chi connectivity index (χ2v) is 5.58. The van der Waals surface area contributed by atoms with Crippen molar-refractivity contribution in [1.29, 1.82) is 0 Å². The molecule has 2 fully saturated rings. The first kappa shape index (κ1) is 11.2. The second-order valence-electron chi connectivity index (χ2n) is 5.58. The highest BCUT2D eigenvalue weighted by Crippen LogP contribution is 2.46. The molecule has 17 heavy (non-hydrogen) atoms. The van der Waals surface area contributed by atoms with E-state index < -0.39 is 0 Å². The topological polar surface area (TPSA) is 74.2 Å². The van der Waals surface area contributed by atoms with Gasteiger partial charge in [0.2, 0.25) is 5.89 Å². The van der Waals surface area contributed by atoms with Gasteiger partial charge in [0.25, 0.3) is 0 Å². The quantitative estimate of drug-likeness (QED) is 0.853. The predicted octanol–water partition coefficient (Wildman–Crippen LogP) is 1.13. The van der Waals surface area contributed by atoms with E-state index in [1.54, 1.807) is 0 Å². The molecule has 1 aliphatic heterocycles. The average Bonchev–Trinajstić information content (AvgIpc) is 2.94. The predicted molar refractivity (Wildman–Crippen MR) is 61.7 cm³/mol. The van der Waals surface area contributed by atoms with Crippen LogP contribution in [0, 0.1) is 0 Å². The van der Waals surface area contributed by atoms with Crippen LogP contribution in [-0.4, -0.2) is 29.9 Å². The van der Waals surface area contributed by atoms with Crippen molar-refractivity contribution in [3.05, 3.63) is 11.7 Å². The molecule has 0 radical (unpaired) electrons. The molecule has 2 N–H and O–H groups in total. The monoisotopic (exact) mass is 237 g/mol. The second kappa shape index (κ2) is 3.78. The van der Waals surface area contributed by atoms with Gasteiger partial charge in [0, 0.05) is 25.2 Å². The summed E-state index contributed by atoms with van der Waals surface area (Å²) in [5.41, 5.74) is 5.92. The van der Waals surface area contributed by atoms with Crippen molar-refractivity contribution in [2.45, 2.75) is 43.4 Å². The van der Waals surface area contributed by atoms with Crippen LogP contribution < -0.4 is 5.73 Å². The SMILES string of the molecule is CC1(c2noc(C3(CN)CCOCC3)n2)CC1.